The largest absolute Gasteiger partial charge is 0.487 e. The number of rotatable bonds is 7. The van der Waals surface area contributed by atoms with Crippen LogP contribution >= 0.6 is 0 Å². The van der Waals surface area contributed by atoms with E-state index in [4.69, 9.17) is 9.47 Å². The zero-order chi connectivity index (χ0) is 19.1. The molecule has 2 amide bonds. The Kier molecular flexibility index (Phi) is 7.04. The number of likely N-dealkylation sites (tertiary alicyclic amines) is 1. The van der Waals surface area contributed by atoms with E-state index in [1.165, 1.54) is 6.42 Å². The van der Waals surface area contributed by atoms with E-state index in [9.17, 15) is 9.59 Å². The van der Waals surface area contributed by atoms with Crippen LogP contribution in [-0.4, -0.2) is 60.7 Å². The predicted octanol–water partition coefficient (Wildman–Crippen LogP) is 1.77. The Bertz CT molecular complexity index is 619. The second kappa shape index (κ2) is 9.69. The molecule has 2 fully saturated rings. The van der Waals surface area contributed by atoms with Crippen molar-refractivity contribution in [3.05, 3.63) is 24.5 Å². The zero-order valence-corrected chi connectivity index (χ0v) is 15.9. The molecule has 3 rings (SSSR count). The Morgan fingerprint density at radius 2 is 2.11 bits per heavy atom. The van der Waals surface area contributed by atoms with Gasteiger partial charge in [-0.3, -0.25) is 14.6 Å². The molecular formula is C20H29N3O4. The lowest BCUT2D eigenvalue weighted by Gasteiger charge is -2.29. The Hall–Kier alpha value is -2.15. The van der Waals surface area contributed by atoms with Crippen LogP contribution in [0.3, 0.4) is 0 Å². The van der Waals surface area contributed by atoms with E-state index in [1.54, 1.807) is 24.4 Å². The van der Waals surface area contributed by atoms with Crippen molar-refractivity contribution < 1.29 is 19.1 Å². The summed E-state index contributed by atoms with van der Waals surface area (Å²) in [5, 5.41) is 2.87. The van der Waals surface area contributed by atoms with Gasteiger partial charge >= 0.3 is 0 Å². The Labute approximate surface area is 160 Å². The van der Waals surface area contributed by atoms with Crippen LogP contribution in [0.1, 0.15) is 38.5 Å². The number of amides is 2. The average molecular weight is 375 g/mol. The van der Waals surface area contributed by atoms with Gasteiger partial charge < -0.3 is 19.7 Å². The van der Waals surface area contributed by atoms with Crippen LogP contribution in [-0.2, 0) is 14.3 Å². The van der Waals surface area contributed by atoms with Gasteiger partial charge in [-0.25, -0.2) is 0 Å². The number of aromatic nitrogens is 1. The maximum Gasteiger partial charge on any atom is 0.243 e. The van der Waals surface area contributed by atoms with Crippen molar-refractivity contribution >= 4 is 11.8 Å². The molecule has 27 heavy (non-hydrogen) atoms. The van der Waals surface area contributed by atoms with Crippen molar-refractivity contribution in [2.45, 2.75) is 50.7 Å². The van der Waals surface area contributed by atoms with Crippen LogP contribution in [0.15, 0.2) is 24.5 Å². The number of hydrogen-bond acceptors (Lipinski definition) is 5. The van der Waals surface area contributed by atoms with Crippen molar-refractivity contribution in [3.8, 4) is 5.75 Å². The number of hydrogen-bond donors (Lipinski definition) is 1. The first-order valence-electron chi connectivity index (χ1n) is 9.83. The minimum Gasteiger partial charge on any atom is -0.487 e. The highest BCUT2D eigenvalue weighted by molar-refractivity contribution is 5.89. The lowest BCUT2D eigenvalue weighted by molar-refractivity contribution is -0.142. The lowest BCUT2D eigenvalue weighted by atomic mass is 9.88. The second-order valence-electron chi connectivity index (χ2n) is 7.29. The van der Waals surface area contributed by atoms with Crippen LogP contribution in [0.4, 0.5) is 0 Å². The fraction of sp³-hybridized carbons (Fsp3) is 0.650. The van der Waals surface area contributed by atoms with Gasteiger partial charge in [-0.15, -0.1) is 0 Å². The van der Waals surface area contributed by atoms with Crippen LogP contribution < -0.4 is 10.1 Å². The molecule has 0 unspecified atom stereocenters. The first-order chi connectivity index (χ1) is 13.2. The topological polar surface area (TPSA) is 80.8 Å². The number of nitrogens with zero attached hydrogens (tertiary/aromatic N) is 2. The normalized spacial score (nSPS) is 23.2. The maximum absolute atomic E-state index is 13.1. The molecule has 2 aliphatic rings. The SMILES string of the molecule is COCCNC(=O)[C@@H]1C[C@H](Oc2cccnc2)CN1C(=O)C1CCCCC1. The van der Waals surface area contributed by atoms with Crippen molar-refractivity contribution in [1.29, 1.82) is 0 Å². The number of methoxy groups -OCH3 is 1. The quantitative estimate of drug-likeness (QED) is 0.735. The Morgan fingerprint density at radius 1 is 1.30 bits per heavy atom. The third kappa shape index (κ3) is 5.19. The average Bonchev–Trinajstić information content (AvgIpc) is 3.13. The molecule has 0 spiro atoms. The molecule has 2 atom stereocenters. The van der Waals surface area contributed by atoms with Crippen molar-refractivity contribution in [3.63, 3.8) is 0 Å². The van der Waals surface area contributed by atoms with Gasteiger partial charge in [0.15, 0.2) is 0 Å². The molecule has 1 N–H and O–H groups in total. The molecule has 1 aliphatic heterocycles. The van der Waals surface area contributed by atoms with E-state index >= 15 is 0 Å². The standard InChI is InChI=1S/C20H29N3O4/c1-26-11-10-22-19(24)18-12-17(27-16-8-5-9-21-13-16)14-23(18)20(25)15-6-3-2-4-7-15/h5,8-9,13,15,17-18H,2-4,6-7,10-12,14H2,1H3,(H,22,24)/t17-,18-/m0/s1. The fourth-order valence-corrected chi connectivity index (χ4v) is 3.96. The highest BCUT2D eigenvalue weighted by Crippen LogP contribution is 2.30. The van der Waals surface area contributed by atoms with E-state index in [0.29, 0.717) is 31.9 Å². The van der Waals surface area contributed by atoms with Crippen LogP contribution in [0.25, 0.3) is 0 Å². The molecule has 0 aromatic carbocycles. The van der Waals surface area contributed by atoms with Gasteiger partial charge in [-0.2, -0.15) is 0 Å². The van der Waals surface area contributed by atoms with Gasteiger partial charge in [0.05, 0.1) is 19.3 Å². The number of carbonyl (C=O) groups is 2. The van der Waals surface area contributed by atoms with Gasteiger partial charge in [-0.05, 0) is 25.0 Å². The number of pyridine rings is 1. The molecule has 1 aliphatic carbocycles. The van der Waals surface area contributed by atoms with E-state index in [-0.39, 0.29) is 23.8 Å². The molecule has 1 aromatic heterocycles. The highest BCUT2D eigenvalue weighted by Gasteiger charge is 2.42. The van der Waals surface area contributed by atoms with Crippen molar-refractivity contribution in [2.75, 3.05) is 26.8 Å². The molecule has 0 bridgehead atoms. The molecular weight excluding hydrogens is 346 g/mol. The van der Waals surface area contributed by atoms with Gasteiger partial charge in [0.25, 0.3) is 0 Å². The third-order valence-corrected chi connectivity index (χ3v) is 5.35. The molecule has 1 saturated carbocycles. The summed E-state index contributed by atoms with van der Waals surface area (Å²) in [5.74, 6) is 0.658. The van der Waals surface area contributed by atoms with Crippen molar-refractivity contribution in [1.82, 2.24) is 15.2 Å². The number of ether oxygens (including phenoxy) is 2. The molecule has 7 heteroatoms. The number of nitrogens with one attached hydrogen (secondary N) is 1. The minimum atomic E-state index is -0.488. The first-order valence-corrected chi connectivity index (χ1v) is 9.83. The van der Waals surface area contributed by atoms with E-state index in [2.05, 4.69) is 10.3 Å². The molecule has 7 nitrogen and oxygen atoms in total. The highest BCUT2D eigenvalue weighted by atomic mass is 16.5. The summed E-state index contributed by atoms with van der Waals surface area (Å²) < 4.78 is 11.0. The summed E-state index contributed by atoms with van der Waals surface area (Å²) in [5.41, 5.74) is 0. The third-order valence-electron chi connectivity index (χ3n) is 5.35. The van der Waals surface area contributed by atoms with Gasteiger partial charge in [0.2, 0.25) is 11.8 Å². The molecule has 148 valence electrons. The maximum atomic E-state index is 13.1. The number of carbonyl (C=O) groups excluding carboxylic acids is 2. The van der Waals surface area contributed by atoms with Crippen LogP contribution in [0.5, 0.6) is 5.75 Å². The molecule has 1 saturated heterocycles. The summed E-state index contributed by atoms with van der Waals surface area (Å²) in [6.07, 6.45) is 8.83. The minimum absolute atomic E-state index is 0.0326. The summed E-state index contributed by atoms with van der Waals surface area (Å²) in [4.78, 5) is 31.6. The molecule has 2 heterocycles. The smallest absolute Gasteiger partial charge is 0.243 e. The van der Waals surface area contributed by atoms with Crippen molar-refractivity contribution in [2.24, 2.45) is 5.92 Å². The van der Waals surface area contributed by atoms with Gasteiger partial charge in [-0.1, -0.05) is 19.3 Å². The van der Waals surface area contributed by atoms with E-state index in [0.717, 1.165) is 25.7 Å². The first kappa shape index (κ1) is 19.6. The summed E-state index contributed by atoms with van der Waals surface area (Å²) in [7, 11) is 1.60. The lowest BCUT2D eigenvalue weighted by Crippen LogP contribution is -2.48. The molecule has 1 aromatic rings. The van der Waals surface area contributed by atoms with Crippen LogP contribution in [0.2, 0.25) is 0 Å². The van der Waals surface area contributed by atoms with E-state index < -0.39 is 6.04 Å². The summed E-state index contributed by atoms with van der Waals surface area (Å²) in [6, 6.07) is 3.16. The Balaban J connectivity index is 1.68. The van der Waals surface area contributed by atoms with E-state index in [1.807, 2.05) is 12.1 Å². The van der Waals surface area contributed by atoms with Crippen LogP contribution in [0, 0.1) is 5.92 Å². The zero-order valence-electron chi connectivity index (χ0n) is 15.9. The fourth-order valence-electron chi connectivity index (χ4n) is 3.96. The second-order valence-corrected chi connectivity index (χ2v) is 7.29. The van der Waals surface area contributed by atoms with Gasteiger partial charge in [0, 0.05) is 32.2 Å². The monoisotopic (exact) mass is 375 g/mol. The summed E-state index contributed by atoms with van der Waals surface area (Å²) >= 11 is 0. The Morgan fingerprint density at radius 3 is 2.81 bits per heavy atom. The molecule has 0 radical (unpaired) electrons. The van der Waals surface area contributed by atoms with Gasteiger partial charge in [0.1, 0.15) is 17.9 Å². The summed E-state index contributed by atoms with van der Waals surface area (Å²) in [6.45, 7) is 1.32. The predicted molar refractivity (Wildman–Crippen MR) is 100 cm³/mol.